The van der Waals surface area contributed by atoms with Gasteiger partial charge >= 0.3 is 0 Å². The molecule has 2 rings (SSSR count). The highest BCUT2D eigenvalue weighted by Crippen LogP contribution is 2.31. The lowest BCUT2D eigenvalue weighted by atomic mass is 9.86. The third-order valence-electron chi connectivity index (χ3n) is 3.28. The van der Waals surface area contributed by atoms with E-state index in [-0.39, 0.29) is 5.69 Å². The largest absolute Gasteiger partial charge is 0.384 e. The van der Waals surface area contributed by atoms with Crippen LogP contribution in [0, 0.1) is 10.1 Å². The molecule has 5 heteroatoms. The Bertz CT molecular complexity index is 418. The first-order valence-electron chi connectivity index (χ1n) is 5.67. The van der Waals surface area contributed by atoms with E-state index in [9.17, 15) is 15.2 Å². The van der Waals surface area contributed by atoms with Crippen molar-refractivity contribution >= 4 is 5.69 Å². The Hall–Kier alpha value is -1.46. The van der Waals surface area contributed by atoms with Crippen LogP contribution in [0.1, 0.15) is 18.4 Å². The second-order valence-corrected chi connectivity index (χ2v) is 4.68. The zero-order chi connectivity index (χ0) is 12.5. The van der Waals surface area contributed by atoms with Crippen LogP contribution in [-0.4, -0.2) is 35.1 Å². The number of hydrogen-bond acceptors (Lipinski definition) is 4. The van der Waals surface area contributed by atoms with Crippen molar-refractivity contribution in [1.82, 2.24) is 4.90 Å². The third kappa shape index (κ3) is 2.45. The van der Waals surface area contributed by atoms with Gasteiger partial charge in [0.1, 0.15) is 5.60 Å². The van der Waals surface area contributed by atoms with Gasteiger partial charge in [0, 0.05) is 18.7 Å². The van der Waals surface area contributed by atoms with Gasteiger partial charge in [0.15, 0.2) is 0 Å². The fourth-order valence-electron chi connectivity index (χ4n) is 2.38. The van der Waals surface area contributed by atoms with Gasteiger partial charge < -0.3 is 10.0 Å². The molecule has 1 saturated heterocycles. The van der Waals surface area contributed by atoms with Crippen molar-refractivity contribution in [2.24, 2.45) is 0 Å². The van der Waals surface area contributed by atoms with E-state index in [0.717, 1.165) is 18.5 Å². The lowest BCUT2D eigenvalue weighted by Crippen LogP contribution is -2.44. The molecular weight excluding hydrogens is 220 g/mol. The molecule has 0 amide bonds. The smallest absolute Gasteiger partial charge is 0.269 e. The van der Waals surface area contributed by atoms with Crippen molar-refractivity contribution in [1.29, 1.82) is 0 Å². The van der Waals surface area contributed by atoms with Gasteiger partial charge in [0.05, 0.1) is 4.92 Å². The van der Waals surface area contributed by atoms with Crippen LogP contribution in [0.15, 0.2) is 24.3 Å². The van der Waals surface area contributed by atoms with Crippen LogP contribution in [0.5, 0.6) is 0 Å². The lowest BCUT2D eigenvalue weighted by molar-refractivity contribution is -0.384. The van der Waals surface area contributed by atoms with Crippen molar-refractivity contribution < 1.29 is 10.0 Å². The third-order valence-corrected chi connectivity index (χ3v) is 3.28. The quantitative estimate of drug-likeness (QED) is 0.624. The van der Waals surface area contributed by atoms with E-state index in [4.69, 9.17) is 0 Å². The van der Waals surface area contributed by atoms with E-state index < -0.39 is 10.5 Å². The van der Waals surface area contributed by atoms with Crippen LogP contribution in [0.2, 0.25) is 0 Å². The summed E-state index contributed by atoms with van der Waals surface area (Å²) < 4.78 is 0. The first-order chi connectivity index (χ1) is 8.01. The number of piperidine rings is 1. The number of nitro benzene ring substituents is 1. The zero-order valence-corrected chi connectivity index (χ0v) is 9.80. The number of benzene rings is 1. The Morgan fingerprint density at radius 3 is 2.59 bits per heavy atom. The van der Waals surface area contributed by atoms with Gasteiger partial charge in [-0.3, -0.25) is 10.1 Å². The summed E-state index contributed by atoms with van der Waals surface area (Å²) in [4.78, 5) is 12.2. The minimum absolute atomic E-state index is 0.0570. The highest BCUT2D eigenvalue weighted by atomic mass is 16.6. The average Bonchev–Trinajstić information content (AvgIpc) is 2.29. The predicted octanol–water partition coefficient (Wildman–Crippen LogP) is 1.51. The number of non-ortho nitro benzene ring substituents is 1. The maximum absolute atomic E-state index is 10.6. The molecule has 1 aromatic carbocycles. The van der Waals surface area contributed by atoms with Crippen molar-refractivity contribution in [3.8, 4) is 0 Å². The standard InChI is InChI=1S/C12H16N2O3/c1-13-8-2-7-12(15,9-13)10-3-5-11(6-4-10)14(16)17/h3-6,15H,2,7-9H2,1H3. The lowest BCUT2D eigenvalue weighted by Gasteiger charge is -2.37. The van der Waals surface area contributed by atoms with Gasteiger partial charge in [0.25, 0.3) is 5.69 Å². The van der Waals surface area contributed by atoms with Crippen molar-refractivity contribution in [2.75, 3.05) is 20.1 Å². The molecule has 92 valence electrons. The first-order valence-corrected chi connectivity index (χ1v) is 5.67. The Morgan fingerprint density at radius 1 is 1.41 bits per heavy atom. The first kappa shape index (κ1) is 12.0. The highest BCUT2D eigenvalue weighted by molar-refractivity contribution is 5.35. The van der Waals surface area contributed by atoms with Crippen LogP contribution in [-0.2, 0) is 5.60 Å². The molecule has 0 spiro atoms. The van der Waals surface area contributed by atoms with Gasteiger partial charge in [-0.25, -0.2) is 0 Å². The SMILES string of the molecule is CN1CCCC(O)(c2ccc([N+](=O)[O-])cc2)C1. The number of hydrogen-bond donors (Lipinski definition) is 1. The summed E-state index contributed by atoms with van der Waals surface area (Å²) >= 11 is 0. The summed E-state index contributed by atoms with van der Waals surface area (Å²) in [6.45, 7) is 1.56. The zero-order valence-electron chi connectivity index (χ0n) is 9.80. The number of likely N-dealkylation sites (N-methyl/N-ethyl adjacent to an activating group) is 1. The van der Waals surface area contributed by atoms with E-state index in [1.54, 1.807) is 12.1 Å². The second-order valence-electron chi connectivity index (χ2n) is 4.68. The molecule has 0 bridgehead atoms. The minimum atomic E-state index is -0.873. The van der Waals surface area contributed by atoms with Crippen LogP contribution in [0.25, 0.3) is 0 Å². The number of rotatable bonds is 2. The molecular formula is C12H16N2O3. The fraction of sp³-hybridized carbons (Fsp3) is 0.500. The summed E-state index contributed by atoms with van der Waals surface area (Å²) in [6, 6.07) is 6.19. The van der Waals surface area contributed by atoms with Crippen LogP contribution >= 0.6 is 0 Å². The van der Waals surface area contributed by atoms with Crippen molar-refractivity contribution in [2.45, 2.75) is 18.4 Å². The summed E-state index contributed by atoms with van der Waals surface area (Å²) in [6.07, 6.45) is 1.64. The minimum Gasteiger partial charge on any atom is -0.384 e. The molecule has 1 N–H and O–H groups in total. The fourth-order valence-corrected chi connectivity index (χ4v) is 2.38. The summed E-state index contributed by atoms with van der Waals surface area (Å²) in [5.41, 5.74) is -0.0570. The Balaban J connectivity index is 2.24. The van der Waals surface area contributed by atoms with Gasteiger partial charge in [-0.05, 0) is 44.1 Å². The number of aliphatic hydroxyl groups is 1. The van der Waals surface area contributed by atoms with Crippen LogP contribution < -0.4 is 0 Å². The molecule has 1 aliphatic rings. The topological polar surface area (TPSA) is 66.6 Å². The van der Waals surface area contributed by atoms with E-state index >= 15 is 0 Å². The monoisotopic (exact) mass is 236 g/mol. The molecule has 1 unspecified atom stereocenters. The summed E-state index contributed by atoms with van der Waals surface area (Å²) in [5.74, 6) is 0. The van der Waals surface area contributed by atoms with E-state index in [0.29, 0.717) is 13.0 Å². The molecule has 5 nitrogen and oxygen atoms in total. The van der Waals surface area contributed by atoms with E-state index in [2.05, 4.69) is 4.90 Å². The molecule has 1 aliphatic heterocycles. The van der Waals surface area contributed by atoms with Crippen LogP contribution in [0.3, 0.4) is 0 Å². The summed E-state index contributed by atoms with van der Waals surface area (Å²) in [7, 11) is 1.97. The van der Waals surface area contributed by atoms with E-state index in [1.165, 1.54) is 12.1 Å². The number of likely N-dealkylation sites (tertiary alicyclic amines) is 1. The van der Waals surface area contributed by atoms with Gasteiger partial charge in [0.2, 0.25) is 0 Å². The molecule has 1 fully saturated rings. The maximum Gasteiger partial charge on any atom is 0.269 e. The molecule has 1 atom stereocenters. The van der Waals surface area contributed by atoms with Gasteiger partial charge in [-0.1, -0.05) is 0 Å². The Kier molecular flexibility index (Phi) is 3.13. The number of nitrogens with zero attached hydrogens (tertiary/aromatic N) is 2. The maximum atomic E-state index is 10.6. The van der Waals surface area contributed by atoms with Crippen molar-refractivity contribution in [3.05, 3.63) is 39.9 Å². The number of β-amino-alcohol motifs (C(OH)–C–C–N with tert-alkyl or cyclic N) is 1. The van der Waals surface area contributed by atoms with Crippen LogP contribution in [0.4, 0.5) is 5.69 Å². The van der Waals surface area contributed by atoms with Crippen molar-refractivity contribution in [3.63, 3.8) is 0 Å². The molecule has 1 aromatic rings. The average molecular weight is 236 g/mol. The number of nitro groups is 1. The van der Waals surface area contributed by atoms with Gasteiger partial charge in [-0.2, -0.15) is 0 Å². The molecule has 0 aliphatic carbocycles. The second kappa shape index (κ2) is 4.43. The van der Waals surface area contributed by atoms with E-state index in [1.807, 2.05) is 7.05 Å². The summed E-state index contributed by atoms with van der Waals surface area (Å²) in [5, 5.41) is 21.1. The Labute approximate surface area is 99.8 Å². The predicted molar refractivity (Wildman–Crippen MR) is 63.7 cm³/mol. The normalized spacial score (nSPS) is 25.8. The molecule has 0 saturated carbocycles. The molecule has 0 radical (unpaired) electrons. The van der Waals surface area contributed by atoms with Gasteiger partial charge in [-0.15, -0.1) is 0 Å². The molecule has 17 heavy (non-hydrogen) atoms. The molecule has 1 heterocycles. The Morgan fingerprint density at radius 2 is 2.06 bits per heavy atom. The highest BCUT2D eigenvalue weighted by Gasteiger charge is 2.33. The molecule has 0 aromatic heterocycles.